The van der Waals surface area contributed by atoms with Gasteiger partial charge in [0.05, 0.1) is 44.2 Å². The number of hydrogen-bond donors (Lipinski definition) is 1. The van der Waals surface area contributed by atoms with Crippen LogP contribution in [0.2, 0.25) is 0 Å². The number of aryl methyl sites for hydroxylation is 1. The van der Waals surface area contributed by atoms with Crippen molar-refractivity contribution in [3.63, 3.8) is 0 Å². The van der Waals surface area contributed by atoms with E-state index in [4.69, 9.17) is 18.7 Å². The number of pyridine rings is 1. The average Bonchev–Trinajstić information content (AvgIpc) is 3.75. The van der Waals surface area contributed by atoms with Crippen LogP contribution in [0.25, 0.3) is 11.4 Å². The van der Waals surface area contributed by atoms with Crippen LogP contribution in [0.4, 0.5) is 0 Å². The largest absolute Gasteiger partial charge is 0.496 e. The summed E-state index contributed by atoms with van der Waals surface area (Å²) < 4.78 is 24.4. The molecule has 0 unspecified atom stereocenters. The van der Waals surface area contributed by atoms with Crippen molar-refractivity contribution in [2.45, 2.75) is 38.1 Å². The van der Waals surface area contributed by atoms with E-state index in [0.717, 1.165) is 0 Å². The predicted molar refractivity (Wildman–Crippen MR) is 141 cm³/mol. The first-order valence-corrected chi connectivity index (χ1v) is 13.2. The van der Waals surface area contributed by atoms with Gasteiger partial charge in [0.25, 0.3) is 5.91 Å². The van der Waals surface area contributed by atoms with E-state index in [1.807, 2.05) is 24.3 Å². The number of nitrogens with zero attached hydrogens (tertiary/aromatic N) is 7. The molecule has 212 valence electrons. The first-order valence-electron chi connectivity index (χ1n) is 13.2. The van der Waals surface area contributed by atoms with Gasteiger partial charge in [-0.05, 0) is 24.3 Å². The van der Waals surface area contributed by atoms with Crippen LogP contribution < -0.4 is 14.8 Å². The number of para-hydroxylation sites is 1. The lowest BCUT2D eigenvalue weighted by Crippen LogP contribution is -2.44. The highest BCUT2D eigenvalue weighted by Gasteiger charge is 2.38. The summed E-state index contributed by atoms with van der Waals surface area (Å²) >= 11 is 0. The second-order valence-electron chi connectivity index (χ2n) is 9.61. The van der Waals surface area contributed by atoms with Crippen LogP contribution >= 0.6 is 0 Å². The van der Waals surface area contributed by atoms with E-state index in [2.05, 4.69) is 30.8 Å². The van der Waals surface area contributed by atoms with E-state index in [1.165, 1.54) is 6.20 Å². The molecule has 1 aromatic carbocycles. The van der Waals surface area contributed by atoms with Crippen LogP contribution in [-0.4, -0.2) is 85.8 Å². The summed E-state index contributed by atoms with van der Waals surface area (Å²) in [7, 11) is 1.57. The first kappa shape index (κ1) is 26.4. The van der Waals surface area contributed by atoms with Crippen molar-refractivity contribution < 1.29 is 28.3 Å². The molecule has 1 N–H and O–H groups in total. The maximum atomic E-state index is 13.2. The van der Waals surface area contributed by atoms with E-state index in [9.17, 15) is 9.59 Å². The van der Waals surface area contributed by atoms with Crippen molar-refractivity contribution in [1.82, 2.24) is 40.3 Å². The number of carbonyl (C=O) groups is 2. The van der Waals surface area contributed by atoms with E-state index in [0.29, 0.717) is 47.6 Å². The van der Waals surface area contributed by atoms with Gasteiger partial charge in [-0.25, -0.2) is 9.67 Å². The van der Waals surface area contributed by atoms with Gasteiger partial charge in [-0.15, -0.1) is 5.10 Å². The van der Waals surface area contributed by atoms with E-state index < -0.39 is 18.1 Å². The Morgan fingerprint density at radius 1 is 1.20 bits per heavy atom. The number of ether oxygens (including phenoxy) is 3. The van der Waals surface area contributed by atoms with Crippen molar-refractivity contribution >= 4 is 11.8 Å². The summed E-state index contributed by atoms with van der Waals surface area (Å²) in [5.41, 5.74) is 1.50. The minimum atomic E-state index is -0.472. The number of methoxy groups -OCH3 is 1. The zero-order valence-corrected chi connectivity index (χ0v) is 22.3. The molecule has 14 heteroatoms. The standard InChI is InChI=1S/C27H28N8O6/c1-38-20-6-3-2-5-18(20)26-30-23(41-32-26)8-9-24(36)34-14-19-22(15-34)40-16-17-13-35(33-31-17)11-12-39-21-7-4-10-28-25(21)27(37)29-19/h2-7,10,13,19,22H,8-9,11-12,14-16H2,1H3,(H,29,37)/t19-,22-/m0/s1. The number of fused-ring (bicyclic) bond motifs is 4. The molecule has 0 radical (unpaired) electrons. The fraction of sp³-hybridized carbons (Fsp3) is 0.370. The second-order valence-corrected chi connectivity index (χ2v) is 9.61. The third-order valence-electron chi connectivity index (χ3n) is 6.90. The van der Waals surface area contributed by atoms with Gasteiger partial charge >= 0.3 is 0 Å². The summed E-state index contributed by atoms with van der Waals surface area (Å²) in [4.78, 5) is 36.7. The van der Waals surface area contributed by atoms with Crippen molar-refractivity contribution in [2.75, 3.05) is 26.8 Å². The van der Waals surface area contributed by atoms with Crippen LogP contribution in [0.3, 0.4) is 0 Å². The molecule has 3 aromatic heterocycles. The molecule has 6 rings (SSSR count). The van der Waals surface area contributed by atoms with Gasteiger partial charge in [0, 0.05) is 32.1 Å². The molecule has 4 aromatic rings. The minimum Gasteiger partial charge on any atom is -0.496 e. The molecule has 1 fully saturated rings. The highest BCUT2D eigenvalue weighted by molar-refractivity contribution is 5.95. The molecule has 14 nitrogen and oxygen atoms in total. The number of aromatic nitrogens is 6. The molecule has 0 saturated carbocycles. The molecule has 1 saturated heterocycles. The summed E-state index contributed by atoms with van der Waals surface area (Å²) in [6.07, 6.45) is 3.26. The molecule has 41 heavy (non-hydrogen) atoms. The summed E-state index contributed by atoms with van der Waals surface area (Å²) in [5.74, 6) is 1.18. The van der Waals surface area contributed by atoms with Crippen molar-refractivity contribution in [3.8, 4) is 22.9 Å². The van der Waals surface area contributed by atoms with E-state index in [-0.39, 0.29) is 44.2 Å². The minimum absolute atomic E-state index is 0.127. The molecule has 2 aliphatic heterocycles. The van der Waals surface area contributed by atoms with Gasteiger partial charge in [0.15, 0.2) is 11.4 Å². The van der Waals surface area contributed by atoms with Gasteiger partial charge in [0.2, 0.25) is 17.6 Å². The fourth-order valence-electron chi connectivity index (χ4n) is 4.82. The summed E-state index contributed by atoms with van der Waals surface area (Å²) in [5, 5.41) is 15.3. The normalized spacial score (nSPS) is 19.0. The molecule has 0 spiro atoms. The highest BCUT2D eigenvalue weighted by atomic mass is 16.5. The van der Waals surface area contributed by atoms with Crippen molar-refractivity contribution in [1.29, 1.82) is 0 Å². The molecule has 2 bridgehead atoms. The monoisotopic (exact) mass is 560 g/mol. The quantitative estimate of drug-likeness (QED) is 0.375. The molecule has 0 aliphatic carbocycles. The second kappa shape index (κ2) is 11.7. The fourth-order valence-corrected chi connectivity index (χ4v) is 4.82. The SMILES string of the molecule is COc1ccccc1-c1noc(CCC(=O)N2C[C@@H]3NC(=O)c4ncccc4OCCn4cc(nn4)CO[C@H]3C2)n1. The maximum Gasteiger partial charge on any atom is 0.274 e. The van der Waals surface area contributed by atoms with Gasteiger partial charge in [-0.3, -0.25) is 9.59 Å². The topological polar surface area (TPSA) is 160 Å². The van der Waals surface area contributed by atoms with Gasteiger partial charge in [0.1, 0.15) is 18.1 Å². The molecule has 5 heterocycles. The summed E-state index contributed by atoms with van der Waals surface area (Å²) in [6, 6.07) is 10.3. The Kier molecular flexibility index (Phi) is 7.54. The van der Waals surface area contributed by atoms with Crippen LogP contribution in [0.5, 0.6) is 11.5 Å². The van der Waals surface area contributed by atoms with Crippen LogP contribution in [0.1, 0.15) is 28.5 Å². The van der Waals surface area contributed by atoms with Gasteiger partial charge < -0.3 is 29.0 Å². The van der Waals surface area contributed by atoms with Gasteiger partial charge in [-0.1, -0.05) is 22.5 Å². The predicted octanol–water partition coefficient (Wildman–Crippen LogP) is 1.28. The number of benzene rings is 1. The third-order valence-corrected chi connectivity index (χ3v) is 6.90. The third kappa shape index (κ3) is 5.87. The number of rotatable bonds is 5. The van der Waals surface area contributed by atoms with E-state index in [1.54, 1.807) is 35.0 Å². The lowest BCUT2D eigenvalue weighted by Gasteiger charge is -2.20. The Morgan fingerprint density at radius 2 is 2.10 bits per heavy atom. The first-order chi connectivity index (χ1) is 20.1. The Morgan fingerprint density at radius 3 is 3.00 bits per heavy atom. The average molecular weight is 561 g/mol. The van der Waals surface area contributed by atoms with Crippen LogP contribution in [0, 0.1) is 0 Å². The maximum absolute atomic E-state index is 13.2. The van der Waals surface area contributed by atoms with Crippen LogP contribution in [-0.2, 0) is 29.1 Å². The number of carbonyl (C=O) groups excluding carboxylic acids is 2. The Hall–Kier alpha value is -4.85. The molecule has 2 atom stereocenters. The smallest absolute Gasteiger partial charge is 0.274 e. The van der Waals surface area contributed by atoms with Crippen molar-refractivity contribution in [3.05, 3.63) is 66.1 Å². The number of hydrogen-bond acceptors (Lipinski definition) is 11. The zero-order chi connectivity index (χ0) is 28.2. The molecular weight excluding hydrogens is 532 g/mol. The van der Waals surface area contributed by atoms with E-state index >= 15 is 0 Å². The molecule has 2 aliphatic rings. The molecule has 2 amide bonds. The number of amides is 2. The Bertz CT molecular complexity index is 1540. The Labute approximate surface area is 234 Å². The van der Waals surface area contributed by atoms with Crippen molar-refractivity contribution in [2.24, 2.45) is 0 Å². The lowest BCUT2D eigenvalue weighted by molar-refractivity contribution is -0.130. The zero-order valence-electron chi connectivity index (χ0n) is 22.3. The highest BCUT2D eigenvalue weighted by Crippen LogP contribution is 2.27. The van der Waals surface area contributed by atoms with Crippen LogP contribution in [0.15, 0.2) is 53.3 Å². The number of nitrogens with one attached hydrogen (secondary N) is 1. The summed E-state index contributed by atoms with van der Waals surface area (Å²) in [6.45, 7) is 1.46. The number of likely N-dealkylation sites (tertiary alicyclic amines) is 1. The van der Waals surface area contributed by atoms with Gasteiger partial charge in [-0.2, -0.15) is 4.98 Å². The lowest BCUT2D eigenvalue weighted by atomic mass is 10.2. The molecular formula is C27H28N8O6. The Balaban J connectivity index is 1.14.